The average Bonchev–Trinajstić information content (AvgIpc) is 4.03. The molecule has 3 atom stereocenters. The van der Waals surface area contributed by atoms with Crippen molar-refractivity contribution in [2.75, 3.05) is 20.1 Å². The average molecular weight is 794 g/mol. The maximum atomic E-state index is 13.5. The summed E-state index contributed by atoms with van der Waals surface area (Å²) in [6.45, 7) is 4.59. The predicted octanol–water partition coefficient (Wildman–Crippen LogP) is 6.56. The molecule has 0 bridgehead atoms. The lowest BCUT2D eigenvalue weighted by molar-refractivity contribution is -0.167. The number of H-pyrrole nitrogens is 1. The quantitative estimate of drug-likeness (QED) is 0.0772. The minimum absolute atomic E-state index is 0.0281. The van der Waals surface area contributed by atoms with E-state index in [0.29, 0.717) is 52.2 Å². The van der Waals surface area contributed by atoms with Crippen LogP contribution in [0, 0.1) is 6.92 Å². The Labute approximate surface area is 332 Å². The van der Waals surface area contributed by atoms with Crippen molar-refractivity contribution in [3.63, 3.8) is 0 Å². The predicted molar refractivity (Wildman–Crippen MR) is 220 cm³/mol. The fourth-order valence-electron chi connectivity index (χ4n) is 8.32. The number of phenolic OH excluding ortho intramolecular Hbond substituents is 1. The van der Waals surface area contributed by atoms with E-state index >= 15 is 0 Å². The van der Waals surface area contributed by atoms with E-state index in [1.165, 1.54) is 62.7 Å². The highest BCUT2D eigenvalue weighted by Gasteiger charge is 2.45. The van der Waals surface area contributed by atoms with Crippen molar-refractivity contribution in [3.8, 4) is 5.75 Å². The van der Waals surface area contributed by atoms with E-state index in [0.717, 1.165) is 55.6 Å². The van der Waals surface area contributed by atoms with Crippen LogP contribution in [0.1, 0.15) is 75.1 Å². The molecule has 2 aromatic carbocycles. The molecule has 0 amide bonds. The highest BCUT2D eigenvalue weighted by molar-refractivity contribution is 7.13. The van der Waals surface area contributed by atoms with E-state index in [1.54, 1.807) is 18.2 Å². The molecule has 0 radical (unpaired) electrons. The molecule has 2 aliphatic carbocycles. The zero-order valence-electron chi connectivity index (χ0n) is 31.6. The second-order valence-corrected chi connectivity index (χ2v) is 17.2. The number of aryl methyl sites for hydroxylation is 3. The number of rotatable bonds is 14. The molecular weight excluding hydrogens is 747 g/mol. The van der Waals surface area contributed by atoms with Gasteiger partial charge in [-0.25, -0.2) is 9.78 Å². The van der Waals surface area contributed by atoms with E-state index in [-0.39, 0.29) is 17.4 Å². The Morgan fingerprint density at radius 1 is 1.14 bits per heavy atom. The van der Waals surface area contributed by atoms with Crippen LogP contribution in [0.25, 0.3) is 21.9 Å². The van der Waals surface area contributed by atoms with Crippen LogP contribution in [0.4, 0.5) is 0 Å². The molecule has 2 aliphatic rings. The van der Waals surface area contributed by atoms with Crippen LogP contribution in [-0.4, -0.2) is 67.0 Å². The molecule has 0 saturated heterocycles. The molecular formula is C43H47N5O6S2. The number of hydrogen-bond donors (Lipinski definition) is 5. The monoisotopic (exact) mass is 793 g/mol. The van der Waals surface area contributed by atoms with Crippen molar-refractivity contribution in [2.45, 2.75) is 82.8 Å². The van der Waals surface area contributed by atoms with Gasteiger partial charge in [-0.2, -0.15) is 0 Å². The van der Waals surface area contributed by atoms with Crippen molar-refractivity contribution in [2.24, 2.45) is 0 Å². The summed E-state index contributed by atoms with van der Waals surface area (Å²) in [6.07, 6.45) is 9.20. The lowest BCUT2D eigenvalue weighted by Crippen LogP contribution is -2.39. The van der Waals surface area contributed by atoms with Gasteiger partial charge in [0.15, 0.2) is 0 Å². The van der Waals surface area contributed by atoms with Crippen LogP contribution in [0.15, 0.2) is 82.9 Å². The van der Waals surface area contributed by atoms with Crippen LogP contribution < -0.4 is 10.9 Å². The third-order valence-corrected chi connectivity index (χ3v) is 13.3. The summed E-state index contributed by atoms with van der Waals surface area (Å²) in [4.78, 5) is 37.3. The Morgan fingerprint density at radius 2 is 2.00 bits per heavy atom. The van der Waals surface area contributed by atoms with E-state index < -0.39 is 17.7 Å². The maximum Gasteiger partial charge on any atom is 0.349 e. The number of aromatic hydroxyl groups is 1. The number of carbonyl (C=O) groups is 1. The number of aliphatic hydroxyl groups excluding tert-OH is 1. The minimum atomic E-state index is -1.80. The second kappa shape index (κ2) is 16.0. The number of nitrogens with one attached hydrogen (secondary N) is 2. The molecule has 0 spiro atoms. The fraction of sp³-hybridized carbons (Fsp3) is 0.372. The van der Waals surface area contributed by atoms with E-state index in [9.17, 15) is 24.9 Å². The van der Waals surface area contributed by atoms with Gasteiger partial charge in [0.2, 0.25) is 11.2 Å². The number of aliphatic hydroxyl groups is 2. The number of aromatic nitrogens is 3. The fourth-order valence-corrected chi connectivity index (χ4v) is 10.2. The molecule has 0 saturated carbocycles. The number of thiophene rings is 2. The van der Waals surface area contributed by atoms with Crippen molar-refractivity contribution >= 4 is 50.6 Å². The van der Waals surface area contributed by atoms with E-state index in [1.807, 2.05) is 36.8 Å². The first-order valence-corrected chi connectivity index (χ1v) is 21.0. The summed E-state index contributed by atoms with van der Waals surface area (Å²) < 4.78 is 8.27. The van der Waals surface area contributed by atoms with Gasteiger partial charge in [-0.05, 0) is 109 Å². The first-order valence-electron chi connectivity index (χ1n) is 19.3. The highest BCUT2D eigenvalue weighted by Crippen LogP contribution is 2.39. The van der Waals surface area contributed by atoms with Gasteiger partial charge in [0.25, 0.3) is 0 Å². The number of hydrogen-bond acceptors (Lipinski definition) is 11. The summed E-state index contributed by atoms with van der Waals surface area (Å²) in [5.74, 6) is -0.641. The molecule has 56 heavy (non-hydrogen) atoms. The Bertz CT molecular complexity index is 2470. The number of benzene rings is 2. The van der Waals surface area contributed by atoms with Crippen molar-refractivity contribution in [1.82, 2.24) is 24.8 Å². The molecule has 292 valence electrons. The Balaban J connectivity index is 0.862. The van der Waals surface area contributed by atoms with Gasteiger partial charge < -0.3 is 39.8 Å². The number of fused-ring (bicyclic) bond motifs is 4. The molecule has 0 aliphatic heterocycles. The van der Waals surface area contributed by atoms with Gasteiger partial charge in [-0.3, -0.25) is 4.79 Å². The van der Waals surface area contributed by atoms with Crippen LogP contribution in [0.3, 0.4) is 0 Å². The number of esters is 1. The van der Waals surface area contributed by atoms with Crippen LogP contribution in [-0.2, 0) is 41.1 Å². The number of ether oxygens (including phenoxy) is 1. The third-order valence-electron chi connectivity index (χ3n) is 11.3. The number of allylic oxidation sites excluding steroid dienone is 1. The van der Waals surface area contributed by atoms with Gasteiger partial charge in [-0.1, -0.05) is 18.2 Å². The minimum Gasteiger partial charge on any atom is -0.506 e. The van der Waals surface area contributed by atoms with Crippen molar-refractivity contribution < 1.29 is 24.9 Å². The number of imidazole rings is 1. The summed E-state index contributed by atoms with van der Waals surface area (Å²) in [5.41, 5.74) is 6.24. The van der Waals surface area contributed by atoms with Gasteiger partial charge in [0.05, 0.1) is 38.7 Å². The topological polar surface area (TPSA) is 153 Å². The molecule has 4 heterocycles. The van der Waals surface area contributed by atoms with Gasteiger partial charge in [-0.15, -0.1) is 22.7 Å². The maximum absolute atomic E-state index is 13.5. The highest BCUT2D eigenvalue weighted by atomic mass is 32.1. The lowest BCUT2D eigenvalue weighted by Gasteiger charge is -2.31. The lowest BCUT2D eigenvalue weighted by atomic mass is 9.98. The van der Waals surface area contributed by atoms with Crippen molar-refractivity contribution in [3.05, 3.63) is 125 Å². The summed E-state index contributed by atoms with van der Waals surface area (Å²) >= 11 is 2.77. The van der Waals surface area contributed by atoms with Gasteiger partial charge in [0.1, 0.15) is 11.9 Å². The second-order valence-electron chi connectivity index (χ2n) is 15.0. The number of aromatic amines is 1. The zero-order chi connectivity index (χ0) is 39.0. The molecule has 11 nitrogen and oxygen atoms in total. The number of phenols is 1. The Morgan fingerprint density at radius 3 is 2.77 bits per heavy atom. The number of nitrogens with zero attached hydrogens (tertiary/aromatic N) is 3. The van der Waals surface area contributed by atoms with Crippen LogP contribution >= 0.6 is 22.7 Å². The van der Waals surface area contributed by atoms with Crippen LogP contribution in [0.5, 0.6) is 5.75 Å². The normalized spacial score (nSPS) is 17.1. The summed E-state index contributed by atoms with van der Waals surface area (Å²) in [7, 11) is 2.12. The summed E-state index contributed by atoms with van der Waals surface area (Å²) in [6, 6.07) is 15.8. The van der Waals surface area contributed by atoms with E-state index in [2.05, 4.69) is 39.0 Å². The van der Waals surface area contributed by atoms with E-state index in [4.69, 9.17) is 9.72 Å². The molecule has 8 rings (SSSR count). The molecule has 5 N–H and O–H groups in total. The molecule has 6 aromatic rings. The standard InChI is InChI=1S/C43H47N5O6S2/c1-26-9-17-38(56-26)43(53,37-8-4-21-55-37)42(52)54-29-12-10-28(11-13-29)47(2)19-5-20-48-25-45-34-22-27(30-6-3-7-33(30)41(34)48)23-44-24-36(50)31-14-16-35(49)40-32(31)15-18-39(51)46-40/h4,8-10,14-18,21-22,25,29,36,44,49-50,53H,3,5-7,11-13,19-20,23-24H2,1-2H3,(H,46,51)/t29-,36+,43-/m1/s1. The van der Waals surface area contributed by atoms with Crippen molar-refractivity contribution in [1.29, 1.82) is 0 Å². The smallest absolute Gasteiger partial charge is 0.349 e. The van der Waals surface area contributed by atoms with Gasteiger partial charge >= 0.3 is 5.97 Å². The van der Waals surface area contributed by atoms with Gasteiger partial charge in [0, 0.05) is 61.7 Å². The third kappa shape index (κ3) is 7.41. The molecule has 4 aromatic heterocycles. The Kier molecular flexibility index (Phi) is 10.9. The zero-order valence-corrected chi connectivity index (χ0v) is 33.2. The first-order chi connectivity index (χ1) is 27.1. The largest absolute Gasteiger partial charge is 0.506 e. The van der Waals surface area contributed by atoms with Crippen LogP contribution in [0.2, 0.25) is 0 Å². The SMILES string of the molecule is Cc1ccc([C@@](O)(C(=O)O[C@@H]2CC=C(N(C)CCCn3cnc4cc(CNC[C@H](O)c5ccc(O)c6[nH]c(=O)ccc56)c5c(c43)CCC5)CC2)c2cccs2)s1. The Hall–Kier alpha value is -4.79. The molecule has 0 unspecified atom stereocenters. The number of pyridine rings is 1. The molecule has 13 heteroatoms. The number of carbonyl (C=O) groups excluding carboxylic acids is 1. The summed E-state index contributed by atoms with van der Waals surface area (Å²) in [5, 5.41) is 38.9. The molecule has 0 fully saturated rings. The first kappa shape index (κ1) is 38.1.